The summed E-state index contributed by atoms with van der Waals surface area (Å²) in [6.45, 7) is 5.46. The summed E-state index contributed by atoms with van der Waals surface area (Å²) in [5, 5.41) is 0. The van der Waals surface area contributed by atoms with E-state index in [0.717, 1.165) is 19.0 Å². The molecule has 0 atom stereocenters. The fourth-order valence-corrected chi connectivity index (χ4v) is 4.16. The minimum atomic E-state index is -3.62. The number of nitrogens with zero attached hydrogens (tertiary/aromatic N) is 2. The number of piperazine rings is 1. The van der Waals surface area contributed by atoms with E-state index in [1.165, 1.54) is 16.4 Å². The molecule has 2 N–H and O–H groups in total. The second kappa shape index (κ2) is 6.83. The molecule has 21 heavy (non-hydrogen) atoms. The molecule has 1 aliphatic heterocycles. The molecule has 1 aromatic rings. The van der Waals surface area contributed by atoms with Crippen LogP contribution in [0.1, 0.15) is 12.0 Å². The molecule has 7 heteroatoms. The van der Waals surface area contributed by atoms with Crippen LogP contribution in [0.3, 0.4) is 0 Å². The highest BCUT2D eigenvalue weighted by atomic mass is 32.2. The Morgan fingerprint density at radius 1 is 1.24 bits per heavy atom. The molecular formula is C14H22FN3O2S. The minimum absolute atomic E-state index is 0.0675. The van der Waals surface area contributed by atoms with Crippen LogP contribution in [0.2, 0.25) is 0 Å². The molecule has 5 nitrogen and oxygen atoms in total. The van der Waals surface area contributed by atoms with E-state index in [4.69, 9.17) is 5.73 Å². The van der Waals surface area contributed by atoms with Gasteiger partial charge in [0.1, 0.15) is 5.82 Å². The third-order valence-corrected chi connectivity index (χ3v) is 5.82. The summed E-state index contributed by atoms with van der Waals surface area (Å²) in [4.78, 5) is 2.27. The zero-order valence-corrected chi connectivity index (χ0v) is 13.1. The number of aryl methyl sites for hydroxylation is 1. The van der Waals surface area contributed by atoms with Gasteiger partial charge in [0.25, 0.3) is 0 Å². The Kier molecular flexibility index (Phi) is 5.32. The maximum absolute atomic E-state index is 13.3. The van der Waals surface area contributed by atoms with Crippen molar-refractivity contribution in [3.05, 3.63) is 29.6 Å². The van der Waals surface area contributed by atoms with E-state index in [0.29, 0.717) is 38.3 Å². The summed E-state index contributed by atoms with van der Waals surface area (Å²) in [7, 11) is -3.62. The van der Waals surface area contributed by atoms with Crippen LogP contribution >= 0.6 is 0 Å². The molecule has 1 heterocycles. The van der Waals surface area contributed by atoms with Gasteiger partial charge >= 0.3 is 0 Å². The Morgan fingerprint density at radius 3 is 2.52 bits per heavy atom. The SMILES string of the molecule is Cc1ccc(F)cc1S(=O)(=O)N1CCN(CCCN)CC1. The Morgan fingerprint density at radius 2 is 1.90 bits per heavy atom. The number of benzene rings is 1. The van der Waals surface area contributed by atoms with E-state index >= 15 is 0 Å². The Hall–Kier alpha value is -1.02. The van der Waals surface area contributed by atoms with Crippen molar-refractivity contribution >= 4 is 10.0 Å². The molecule has 1 saturated heterocycles. The number of nitrogens with two attached hydrogens (primary N) is 1. The van der Waals surface area contributed by atoms with Gasteiger partial charge in [-0.05, 0) is 44.1 Å². The van der Waals surface area contributed by atoms with Gasteiger partial charge < -0.3 is 10.6 Å². The van der Waals surface area contributed by atoms with Crippen LogP contribution in [0.4, 0.5) is 4.39 Å². The highest BCUT2D eigenvalue weighted by Crippen LogP contribution is 2.22. The van der Waals surface area contributed by atoms with Gasteiger partial charge in [-0.2, -0.15) is 4.31 Å². The maximum Gasteiger partial charge on any atom is 0.243 e. The highest BCUT2D eigenvalue weighted by Gasteiger charge is 2.29. The van der Waals surface area contributed by atoms with Crippen molar-refractivity contribution in [3.63, 3.8) is 0 Å². The van der Waals surface area contributed by atoms with Crippen LogP contribution in [-0.2, 0) is 10.0 Å². The summed E-state index contributed by atoms with van der Waals surface area (Å²) in [6.07, 6.45) is 0.912. The summed E-state index contributed by atoms with van der Waals surface area (Å²) in [6, 6.07) is 3.88. The van der Waals surface area contributed by atoms with Crippen molar-refractivity contribution in [1.29, 1.82) is 0 Å². The fraction of sp³-hybridized carbons (Fsp3) is 0.571. The third-order valence-electron chi connectivity index (χ3n) is 3.78. The molecular weight excluding hydrogens is 293 g/mol. The van der Waals surface area contributed by atoms with Crippen molar-refractivity contribution in [2.24, 2.45) is 5.73 Å². The first-order chi connectivity index (χ1) is 9.95. The molecule has 0 aliphatic carbocycles. The number of hydrogen-bond acceptors (Lipinski definition) is 4. The van der Waals surface area contributed by atoms with Gasteiger partial charge in [0.05, 0.1) is 4.90 Å². The van der Waals surface area contributed by atoms with E-state index < -0.39 is 15.8 Å². The van der Waals surface area contributed by atoms with Gasteiger partial charge in [-0.1, -0.05) is 6.07 Å². The van der Waals surface area contributed by atoms with Crippen LogP contribution < -0.4 is 5.73 Å². The van der Waals surface area contributed by atoms with Crippen molar-refractivity contribution in [2.45, 2.75) is 18.2 Å². The van der Waals surface area contributed by atoms with Crippen molar-refractivity contribution < 1.29 is 12.8 Å². The lowest BCUT2D eigenvalue weighted by molar-refractivity contribution is 0.187. The standard InChI is InChI=1S/C14H22FN3O2S/c1-12-3-4-13(15)11-14(12)21(19,20)18-9-7-17(8-10-18)6-2-5-16/h3-4,11H,2,5-10,16H2,1H3. The van der Waals surface area contributed by atoms with Crippen LogP contribution in [0.25, 0.3) is 0 Å². The van der Waals surface area contributed by atoms with Gasteiger partial charge in [0, 0.05) is 26.2 Å². The van der Waals surface area contributed by atoms with Crippen LogP contribution in [0.5, 0.6) is 0 Å². The van der Waals surface area contributed by atoms with Crippen molar-refractivity contribution in [2.75, 3.05) is 39.3 Å². The highest BCUT2D eigenvalue weighted by molar-refractivity contribution is 7.89. The van der Waals surface area contributed by atoms with Gasteiger partial charge in [-0.25, -0.2) is 12.8 Å². The zero-order valence-electron chi connectivity index (χ0n) is 12.3. The lowest BCUT2D eigenvalue weighted by atomic mass is 10.2. The molecule has 0 amide bonds. The van der Waals surface area contributed by atoms with Gasteiger partial charge in [0.2, 0.25) is 10.0 Å². The average Bonchev–Trinajstić information content (AvgIpc) is 2.48. The molecule has 0 aromatic heterocycles. The first kappa shape index (κ1) is 16.4. The first-order valence-corrected chi connectivity index (χ1v) is 8.58. The van der Waals surface area contributed by atoms with Crippen LogP contribution in [0, 0.1) is 12.7 Å². The number of rotatable bonds is 5. The summed E-state index contributed by atoms with van der Waals surface area (Å²) >= 11 is 0. The third kappa shape index (κ3) is 3.79. The summed E-state index contributed by atoms with van der Waals surface area (Å²) in [5.74, 6) is -0.527. The monoisotopic (exact) mass is 315 g/mol. The van der Waals surface area contributed by atoms with Gasteiger partial charge in [-0.15, -0.1) is 0 Å². The fourth-order valence-electron chi connectivity index (χ4n) is 2.50. The Balaban J connectivity index is 2.10. The Bertz CT molecular complexity index is 584. The van der Waals surface area contributed by atoms with E-state index in [2.05, 4.69) is 4.90 Å². The smallest absolute Gasteiger partial charge is 0.243 e. The van der Waals surface area contributed by atoms with Gasteiger partial charge in [0.15, 0.2) is 0 Å². The maximum atomic E-state index is 13.3. The predicted octanol–water partition coefficient (Wildman–Crippen LogP) is 0.789. The average molecular weight is 315 g/mol. The van der Waals surface area contributed by atoms with Crippen molar-refractivity contribution in [3.8, 4) is 0 Å². The lowest BCUT2D eigenvalue weighted by Crippen LogP contribution is -2.49. The molecule has 0 bridgehead atoms. The molecule has 0 unspecified atom stereocenters. The van der Waals surface area contributed by atoms with E-state index in [-0.39, 0.29) is 4.90 Å². The molecule has 0 radical (unpaired) electrons. The number of hydrogen-bond donors (Lipinski definition) is 1. The minimum Gasteiger partial charge on any atom is -0.330 e. The second-order valence-corrected chi connectivity index (χ2v) is 7.20. The molecule has 2 rings (SSSR count). The van der Waals surface area contributed by atoms with E-state index in [1.54, 1.807) is 6.92 Å². The molecule has 0 saturated carbocycles. The van der Waals surface area contributed by atoms with Crippen LogP contribution in [-0.4, -0.2) is 56.9 Å². The first-order valence-electron chi connectivity index (χ1n) is 7.14. The Labute approximate surface area is 125 Å². The molecule has 1 aliphatic rings. The normalized spacial score (nSPS) is 18.0. The summed E-state index contributed by atoms with van der Waals surface area (Å²) < 4.78 is 40.0. The second-order valence-electron chi connectivity index (χ2n) is 5.30. The van der Waals surface area contributed by atoms with E-state index in [1.807, 2.05) is 0 Å². The van der Waals surface area contributed by atoms with Crippen LogP contribution in [0.15, 0.2) is 23.1 Å². The lowest BCUT2D eigenvalue weighted by Gasteiger charge is -2.34. The number of sulfonamides is 1. The summed E-state index contributed by atoms with van der Waals surface area (Å²) in [5.41, 5.74) is 6.05. The van der Waals surface area contributed by atoms with Crippen molar-refractivity contribution in [1.82, 2.24) is 9.21 Å². The largest absolute Gasteiger partial charge is 0.330 e. The molecule has 118 valence electrons. The van der Waals surface area contributed by atoms with E-state index in [9.17, 15) is 12.8 Å². The van der Waals surface area contributed by atoms with Gasteiger partial charge in [-0.3, -0.25) is 0 Å². The zero-order chi connectivity index (χ0) is 15.5. The number of halogens is 1. The topological polar surface area (TPSA) is 66.6 Å². The molecule has 1 aromatic carbocycles. The predicted molar refractivity (Wildman–Crippen MR) is 80.0 cm³/mol. The quantitative estimate of drug-likeness (QED) is 0.872. The molecule has 0 spiro atoms. The molecule has 1 fully saturated rings.